The Kier molecular flexibility index (Phi) is 6.50. The van der Waals surface area contributed by atoms with Gasteiger partial charge in [-0.3, -0.25) is 14.2 Å². The lowest BCUT2D eigenvalue weighted by Crippen LogP contribution is -2.33. The molecule has 0 spiro atoms. The molecule has 0 aliphatic carbocycles. The van der Waals surface area contributed by atoms with Crippen LogP contribution in [-0.4, -0.2) is 40.5 Å². The van der Waals surface area contributed by atoms with Crippen LogP contribution in [0, 0.1) is 0 Å². The van der Waals surface area contributed by atoms with Crippen molar-refractivity contribution in [2.45, 2.75) is 50.4 Å². The van der Waals surface area contributed by atoms with Crippen LogP contribution in [0.1, 0.15) is 32.6 Å². The number of carbonyl (C=O) groups excluding carboxylic acids is 1. The number of rotatable bonds is 8. The van der Waals surface area contributed by atoms with E-state index in [0.29, 0.717) is 28.5 Å². The summed E-state index contributed by atoms with van der Waals surface area (Å²) in [6, 6.07) is 1.85. The molecule has 0 aromatic carbocycles. The number of unbranched alkanes of at least 4 members (excludes halogenated alkanes) is 1. The maximum atomic E-state index is 12.7. The first kappa shape index (κ1) is 18.4. The number of ether oxygens (including phenoxy) is 1. The average Bonchev–Trinajstić information content (AvgIpc) is 3.29. The topological polar surface area (TPSA) is 73.2 Å². The zero-order valence-electron chi connectivity index (χ0n) is 14.3. The molecule has 0 unspecified atom stereocenters. The molecule has 0 bridgehead atoms. The van der Waals surface area contributed by atoms with Gasteiger partial charge in [0.05, 0.1) is 17.4 Å². The number of hydrogen-bond acceptors (Lipinski definition) is 6. The van der Waals surface area contributed by atoms with Crippen LogP contribution >= 0.6 is 23.1 Å². The Balaban J connectivity index is 1.66. The summed E-state index contributed by atoms with van der Waals surface area (Å²) < 4.78 is 7.90. The minimum absolute atomic E-state index is 0.00397. The molecule has 136 valence electrons. The Hall–Kier alpha value is -1.38. The maximum absolute atomic E-state index is 12.7. The summed E-state index contributed by atoms with van der Waals surface area (Å²) >= 11 is 2.74. The zero-order chi connectivity index (χ0) is 17.6. The van der Waals surface area contributed by atoms with Gasteiger partial charge in [0.25, 0.3) is 5.56 Å². The van der Waals surface area contributed by atoms with Gasteiger partial charge in [0.1, 0.15) is 4.70 Å². The van der Waals surface area contributed by atoms with Gasteiger partial charge in [0.15, 0.2) is 5.16 Å². The summed E-state index contributed by atoms with van der Waals surface area (Å²) in [5.74, 6) is 0.197. The van der Waals surface area contributed by atoms with Crippen LogP contribution in [0.4, 0.5) is 0 Å². The van der Waals surface area contributed by atoms with Crippen molar-refractivity contribution in [2.75, 3.05) is 18.9 Å². The number of hydrogen-bond donors (Lipinski definition) is 1. The van der Waals surface area contributed by atoms with Gasteiger partial charge in [0.2, 0.25) is 5.91 Å². The van der Waals surface area contributed by atoms with Crippen molar-refractivity contribution >= 4 is 39.2 Å². The standard InChI is InChI=1S/C17H23N3O3S2/c1-2-3-7-20-16(22)15-13(6-9-24-15)19-17(20)25-11-14(21)18-10-12-5-4-8-23-12/h6,9,12H,2-5,7-8,10-11H2,1H3,(H,18,21)/t12-/m1/s1. The Labute approximate surface area is 155 Å². The van der Waals surface area contributed by atoms with Gasteiger partial charge in [-0.25, -0.2) is 4.98 Å². The summed E-state index contributed by atoms with van der Waals surface area (Å²) in [4.78, 5) is 29.4. The molecule has 2 aromatic heterocycles. The minimum Gasteiger partial charge on any atom is -0.376 e. The van der Waals surface area contributed by atoms with Crippen LogP contribution < -0.4 is 10.9 Å². The second kappa shape index (κ2) is 8.82. The van der Waals surface area contributed by atoms with Crippen LogP contribution in [-0.2, 0) is 16.1 Å². The SMILES string of the molecule is CCCCn1c(SCC(=O)NC[C@H]2CCCO2)nc2ccsc2c1=O. The summed E-state index contributed by atoms with van der Waals surface area (Å²) in [5, 5.41) is 5.41. The fourth-order valence-corrected chi connectivity index (χ4v) is 4.39. The molecule has 1 aliphatic rings. The van der Waals surface area contributed by atoms with E-state index in [4.69, 9.17) is 4.74 Å². The van der Waals surface area contributed by atoms with Crippen molar-refractivity contribution < 1.29 is 9.53 Å². The van der Waals surface area contributed by atoms with E-state index in [1.807, 2.05) is 11.4 Å². The molecule has 25 heavy (non-hydrogen) atoms. The van der Waals surface area contributed by atoms with E-state index in [0.717, 1.165) is 32.3 Å². The molecule has 1 fully saturated rings. The predicted molar refractivity (Wildman–Crippen MR) is 101 cm³/mol. The number of amides is 1. The third-order valence-electron chi connectivity index (χ3n) is 4.15. The fraction of sp³-hybridized carbons (Fsp3) is 0.588. The number of carbonyl (C=O) groups is 1. The highest BCUT2D eigenvalue weighted by molar-refractivity contribution is 7.99. The van der Waals surface area contributed by atoms with E-state index in [9.17, 15) is 9.59 Å². The highest BCUT2D eigenvalue weighted by Gasteiger charge is 2.17. The minimum atomic E-state index is -0.0535. The van der Waals surface area contributed by atoms with Gasteiger partial charge >= 0.3 is 0 Å². The summed E-state index contributed by atoms with van der Waals surface area (Å²) in [6.45, 7) is 4.06. The Morgan fingerprint density at radius 3 is 3.20 bits per heavy atom. The lowest BCUT2D eigenvalue weighted by molar-refractivity contribution is -0.119. The lowest BCUT2D eigenvalue weighted by atomic mass is 10.2. The number of thiophene rings is 1. The number of thioether (sulfide) groups is 1. The molecule has 3 heterocycles. The van der Waals surface area contributed by atoms with Crippen molar-refractivity contribution in [3.05, 3.63) is 21.8 Å². The third kappa shape index (κ3) is 4.62. The van der Waals surface area contributed by atoms with Gasteiger partial charge < -0.3 is 10.1 Å². The molecule has 1 saturated heterocycles. The summed E-state index contributed by atoms with van der Waals surface area (Å²) in [7, 11) is 0. The second-order valence-corrected chi connectivity index (χ2v) is 7.93. The fourth-order valence-electron chi connectivity index (χ4n) is 2.76. The molecule has 1 amide bonds. The highest BCUT2D eigenvalue weighted by atomic mass is 32.2. The predicted octanol–water partition coefficient (Wildman–Crippen LogP) is 2.65. The molecule has 2 aromatic rings. The molecule has 1 N–H and O–H groups in total. The zero-order valence-corrected chi connectivity index (χ0v) is 16.0. The van der Waals surface area contributed by atoms with E-state index in [-0.39, 0.29) is 23.3 Å². The Morgan fingerprint density at radius 1 is 1.56 bits per heavy atom. The molecule has 1 aliphatic heterocycles. The summed E-state index contributed by atoms with van der Waals surface area (Å²) in [6.07, 6.45) is 4.11. The molecule has 6 nitrogen and oxygen atoms in total. The van der Waals surface area contributed by atoms with E-state index < -0.39 is 0 Å². The average molecular weight is 382 g/mol. The van der Waals surface area contributed by atoms with Crippen molar-refractivity contribution in [1.82, 2.24) is 14.9 Å². The van der Waals surface area contributed by atoms with Crippen LogP contribution in [0.2, 0.25) is 0 Å². The molecule has 1 atom stereocenters. The normalized spacial score (nSPS) is 17.2. The first-order valence-corrected chi connectivity index (χ1v) is 10.5. The largest absolute Gasteiger partial charge is 0.376 e. The van der Waals surface area contributed by atoms with Gasteiger partial charge in [-0.1, -0.05) is 25.1 Å². The van der Waals surface area contributed by atoms with Crippen LogP contribution in [0.25, 0.3) is 10.2 Å². The monoisotopic (exact) mass is 381 g/mol. The maximum Gasteiger partial charge on any atom is 0.272 e. The van der Waals surface area contributed by atoms with E-state index in [2.05, 4.69) is 17.2 Å². The van der Waals surface area contributed by atoms with E-state index in [1.54, 1.807) is 4.57 Å². The second-order valence-electron chi connectivity index (χ2n) is 6.07. The molecule has 8 heteroatoms. The van der Waals surface area contributed by atoms with Gasteiger partial charge in [-0.05, 0) is 30.7 Å². The van der Waals surface area contributed by atoms with E-state index in [1.165, 1.54) is 23.1 Å². The van der Waals surface area contributed by atoms with Crippen LogP contribution in [0.3, 0.4) is 0 Å². The van der Waals surface area contributed by atoms with Gasteiger partial charge in [0, 0.05) is 19.7 Å². The molecular weight excluding hydrogens is 358 g/mol. The first-order chi connectivity index (χ1) is 12.2. The van der Waals surface area contributed by atoms with Crippen LogP contribution in [0.5, 0.6) is 0 Å². The van der Waals surface area contributed by atoms with Crippen molar-refractivity contribution in [1.29, 1.82) is 0 Å². The highest BCUT2D eigenvalue weighted by Crippen LogP contribution is 2.21. The smallest absolute Gasteiger partial charge is 0.272 e. The third-order valence-corrected chi connectivity index (χ3v) is 6.02. The van der Waals surface area contributed by atoms with Gasteiger partial charge in [-0.15, -0.1) is 11.3 Å². The summed E-state index contributed by atoms with van der Waals surface area (Å²) in [5.41, 5.74) is 0.709. The quantitative estimate of drug-likeness (QED) is 0.562. The first-order valence-electron chi connectivity index (χ1n) is 8.68. The van der Waals surface area contributed by atoms with Crippen molar-refractivity contribution in [3.63, 3.8) is 0 Å². The van der Waals surface area contributed by atoms with Crippen LogP contribution in [0.15, 0.2) is 21.4 Å². The number of nitrogens with zero attached hydrogens (tertiary/aromatic N) is 2. The van der Waals surface area contributed by atoms with Gasteiger partial charge in [-0.2, -0.15) is 0 Å². The number of aromatic nitrogens is 2. The number of fused-ring (bicyclic) bond motifs is 1. The van der Waals surface area contributed by atoms with E-state index >= 15 is 0 Å². The Morgan fingerprint density at radius 2 is 2.44 bits per heavy atom. The van der Waals surface area contributed by atoms with Crippen molar-refractivity contribution in [2.24, 2.45) is 0 Å². The number of nitrogens with one attached hydrogen (secondary N) is 1. The molecular formula is C17H23N3O3S2. The molecule has 0 radical (unpaired) electrons. The Bertz CT molecular complexity index is 781. The molecule has 3 rings (SSSR count). The lowest BCUT2D eigenvalue weighted by Gasteiger charge is -2.13. The molecule has 0 saturated carbocycles. The van der Waals surface area contributed by atoms with Crippen molar-refractivity contribution in [3.8, 4) is 0 Å².